The van der Waals surface area contributed by atoms with Crippen LogP contribution in [-0.2, 0) is 6.42 Å². The van der Waals surface area contributed by atoms with E-state index in [9.17, 15) is 4.79 Å². The SMILES string of the molecule is CC(C)Cc1cc(=O)[nH]c(C(N)C(C)C)n1. The molecule has 1 rings (SSSR count). The van der Waals surface area contributed by atoms with Crippen LogP contribution in [0, 0.1) is 11.8 Å². The van der Waals surface area contributed by atoms with Crippen molar-refractivity contribution in [2.75, 3.05) is 0 Å². The van der Waals surface area contributed by atoms with E-state index in [0.717, 1.165) is 12.1 Å². The minimum Gasteiger partial charge on any atom is -0.321 e. The van der Waals surface area contributed by atoms with Crippen molar-refractivity contribution >= 4 is 0 Å². The van der Waals surface area contributed by atoms with Gasteiger partial charge in [-0.05, 0) is 18.3 Å². The van der Waals surface area contributed by atoms with Gasteiger partial charge in [-0.1, -0.05) is 27.7 Å². The summed E-state index contributed by atoms with van der Waals surface area (Å²) in [4.78, 5) is 18.6. The first-order valence-corrected chi connectivity index (χ1v) is 5.76. The second-order valence-electron chi connectivity index (χ2n) is 4.99. The molecule has 0 amide bonds. The van der Waals surface area contributed by atoms with E-state index in [0.29, 0.717) is 11.7 Å². The fourth-order valence-electron chi connectivity index (χ4n) is 1.53. The summed E-state index contributed by atoms with van der Waals surface area (Å²) in [7, 11) is 0. The Labute approximate surface area is 96.3 Å². The number of nitrogens with two attached hydrogens (primary N) is 1. The van der Waals surface area contributed by atoms with Gasteiger partial charge in [0.25, 0.3) is 5.56 Å². The Kier molecular flexibility index (Phi) is 4.24. The Morgan fingerprint density at radius 3 is 2.50 bits per heavy atom. The second-order valence-corrected chi connectivity index (χ2v) is 4.99. The van der Waals surface area contributed by atoms with Gasteiger partial charge in [0.1, 0.15) is 5.82 Å². The lowest BCUT2D eigenvalue weighted by atomic mass is 10.0. The lowest BCUT2D eigenvalue weighted by Gasteiger charge is -2.15. The number of hydrogen-bond donors (Lipinski definition) is 2. The molecule has 1 unspecified atom stereocenters. The van der Waals surface area contributed by atoms with Crippen LogP contribution < -0.4 is 11.3 Å². The van der Waals surface area contributed by atoms with Gasteiger partial charge >= 0.3 is 0 Å². The molecule has 0 aliphatic heterocycles. The van der Waals surface area contributed by atoms with Gasteiger partial charge in [0.15, 0.2) is 0 Å². The van der Waals surface area contributed by atoms with Gasteiger partial charge in [-0.2, -0.15) is 0 Å². The van der Waals surface area contributed by atoms with E-state index in [-0.39, 0.29) is 17.5 Å². The summed E-state index contributed by atoms with van der Waals surface area (Å²) in [6.07, 6.45) is 0.807. The molecule has 4 nitrogen and oxygen atoms in total. The van der Waals surface area contributed by atoms with Crippen molar-refractivity contribution < 1.29 is 0 Å². The minimum absolute atomic E-state index is 0.114. The number of aromatic amines is 1. The summed E-state index contributed by atoms with van der Waals surface area (Å²) < 4.78 is 0. The zero-order valence-corrected chi connectivity index (χ0v) is 10.4. The number of nitrogens with zero attached hydrogens (tertiary/aromatic N) is 1. The summed E-state index contributed by atoms with van der Waals surface area (Å²) >= 11 is 0. The minimum atomic E-state index is -0.209. The van der Waals surface area contributed by atoms with E-state index in [1.165, 1.54) is 0 Å². The van der Waals surface area contributed by atoms with Crippen molar-refractivity contribution in [3.8, 4) is 0 Å². The van der Waals surface area contributed by atoms with E-state index in [4.69, 9.17) is 5.73 Å². The smallest absolute Gasteiger partial charge is 0.251 e. The third kappa shape index (κ3) is 3.45. The number of H-pyrrole nitrogens is 1. The Hall–Kier alpha value is -1.16. The van der Waals surface area contributed by atoms with Crippen LogP contribution in [0.25, 0.3) is 0 Å². The Morgan fingerprint density at radius 2 is 2.00 bits per heavy atom. The van der Waals surface area contributed by atoms with Crippen LogP contribution in [0.5, 0.6) is 0 Å². The molecule has 16 heavy (non-hydrogen) atoms. The molecule has 0 fully saturated rings. The Morgan fingerprint density at radius 1 is 1.38 bits per heavy atom. The van der Waals surface area contributed by atoms with Crippen LogP contribution in [0.4, 0.5) is 0 Å². The monoisotopic (exact) mass is 223 g/mol. The van der Waals surface area contributed by atoms with Gasteiger partial charge in [-0.15, -0.1) is 0 Å². The fraction of sp³-hybridized carbons (Fsp3) is 0.667. The maximum atomic E-state index is 11.5. The molecular formula is C12H21N3O. The predicted molar refractivity (Wildman–Crippen MR) is 65.2 cm³/mol. The van der Waals surface area contributed by atoms with Crippen molar-refractivity contribution in [1.29, 1.82) is 0 Å². The van der Waals surface area contributed by atoms with E-state index in [2.05, 4.69) is 23.8 Å². The van der Waals surface area contributed by atoms with Gasteiger partial charge in [-0.25, -0.2) is 4.98 Å². The molecule has 0 aromatic carbocycles. The van der Waals surface area contributed by atoms with Crippen molar-refractivity contribution in [2.24, 2.45) is 17.6 Å². The average Bonchev–Trinajstić information content (AvgIpc) is 2.14. The van der Waals surface area contributed by atoms with Gasteiger partial charge in [-0.3, -0.25) is 4.79 Å². The molecule has 4 heteroatoms. The maximum Gasteiger partial charge on any atom is 0.251 e. The topological polar surface area (TPSA) is 71.8 Å². The largest absolute Gasteiger partial charge is 0.321 e. The van der Waals surface area contributed by atoms with E-state index in [1.54, 1.807) is 6.07 Å². The standard InChI is InChI=1S/C12H21N3O/c1-7(2)5-9-6-10(16)15-12(14-9)11(13)8(3)4/h6-8,11H,5,13H2,1-4H3,(H,14,15,16). The number of nitrogens with one attached hydrogen (secondary N) is 1. The van der Waals surface area contributed by atoms with E-state index < -0.39 is 0 Å². The Balaban J connectivity index is 3.03. The molecule has 1 heterocycles. The van der Waals surface area contributed by atoms with Crippen molar-refractivity contribution in [3.05, 3.63) is 27.9 Å². The predicted octanol–water partition coefficient (Wildman–Crippen LogP) is 1.62. The summed E-state index contributed by atoms with van der Waals surface area (Å²) in [5.74, 6) is 1.34. The molecule has 0 aliphatic rings. The molecule has 0 bridgehead atoms. The van der Waals surface area contributed by atoms with E-state index >= 15 is 0 Å². The highest BCUT2D eigenvalue weighted by Crippen LogP contribution is 2.14. The maximum absolute atomic E-state index is 11.5. The van der Waals surface area contributed by atoms with Gasteiger partial charge < -0.3 is 10.7 Å². The molecule has 0 spiro atoms. The van der Waals surface area contributed by atoms with Crippen LogP contribution in [0.2, 0.25) is 0 Å². The quantitative estimate of drug-likeness (QED) is 0.814. The van der Waals surface area contributed by atoms with Crippen LogP contribution in [-0.4, -0.2) is 9.97 Å². The van der Waals surface area contributed by atoms with Crippen molar-refractivity contribution in [3.63, 3.8) is 0 Å². The first-order valence-electron chi connectivity index (χ1n) is 5.76. The van der Waals surface area contributed by atoms with Crippen molar-refractivity contribution in [2.45, 2.75) is 40.2 Å². The summed E-state index contributed by atoms with van der Waals surface area (Å²) in [6, 6.07) is 1.34. The molecular weight excluding hydrogens is 202 g/mol. The molecule has 0 saturated heterocycles. The molecule has 90 valence electrons. The molecule has 1 aromatic rings. The normalized spacial score (nSPS) is 13.4. The summed E-state index contributed by atoms with van der Waals surface area (Å²) in [5, 5.41) is 0. The first kappa shape index (κ1) is 12.9. The molecule has 0 radical (unpaired) electrons. The van der Waals surface area contributed by atoms with E-state index in [1.807, 2.05) is 13.8 Å². The Bertz CT molecular complexity index is 395. The third-order valence-corrected chi connectivity index (χ3v) is 2.46. The highest BCUT2D eigenvalue weighted by Gasteiger charge is 2.14. The lowest BCUT2D eigenvalue weighted by molar-refractivity contribution is 0.485. The number of hydrogen-bond acceptors (Lipinski definition) is 3. The summed E-state index contributed by atoms with van der Waals surface area (Å²) in [6.45, 7) is 8.23. The number of aromatic nitrogens is 2. The molecule has 0 aliphatic carbocycles. The highest BCUT2D eigenvalue weighted by molar-refractivity contribution is 5.06. The summed E-state index contributed by atoms with van der Waals surface area (Å²) in [5.41, 5.74) is 6.68. The molecule has 1 atom stereocenters. The second kappa shape index (κ2) is 5.25. The first-order chi connectivity index (χ1) is 7.40. The molecule has 0 saturated carbocycles. The number of rotatable bonds is 4. The van der Waals surface area contributed by atoms with Crippen LogP contribution in [0.15, 0.2) is 10.9 Å². The van der Waals surface area contributed by atoms with Gasteiger partial charge in [0, 0.05) is 11.8 Å². The third-order valence-electron chi connectivity index (χ3n) is 2.46. The van der Waals surface area contributed by atoms with Crippen LogP contribution in [0.1, 0.15) is 45.3 Å². The lowest BCUT2D eigenvalue weighted by Crippen LogP contribution is -2.24. The zero-order valence-electron chi connectivity index (χ0n) is 10.4. The van der Waals surface area contributed by atoms with Gasteiger partial charge in [0.2, 0.25) is 0 Å². The zero-order chi connectivity index (χ0) is 12.3. The molecule has 1 aromatic heterocycles. The fourth-order valence-corrected chi connectivity index (χ4v) is 1.53. The van der Waals surface area contributed by atoms with Gasteiger partial charge in [0.05, 0.1) is 6.04 Å². The van der Waals surface area contributed by atoms with Crippen LogP contribution in [0.3, 0.4) is 0 Å². The van der Waals surface area contributed by atoms with Crippen molar-refractivity contribution in [1.82, 2.24) is 9.97 Å². The average molecular weight is 223 g/mol. The van der Waals surface area contributed by atoms with Crippen LogP contribution >= 0.6 is 0 Å². The molecule has 3 N–H and O–H groups in total. The highest BCUT2D eigenvalue weighted by atomic mass is 16.1.